The lowest BCUT2D eigenvalue weighted by Crippen LogP contribution is -1.92. The molecule has 0 radical (unpaired) electrons. The number of thiazole rings is 1. The van der Waals surface area contributed by atoms with E-state index in [4.69, 9.17) is 14.7 Å². The Balaban J connectivity index is 1.87. The number of methoxy groups -OCH3 is 1. The molecule has 0 saturated carbocycles. The minimum Gasteiger partial charge on any atom is -0.380 e. The summed E-state index contributed by atoms with van der Waals surface area (Å²) in [5.41, 5.74) is 7.43. The van der Waals surface area contributed by atoms with Gasteiger partial charge in [-0.2, -0.15) is 0 Å². The molecule has 4 aromatic rings. The van der Waals surface area contributed by atoms with E-state index in [9.17, 15) is 0 Å². The number of rotatable bonds is 4. The topological polar surface area (TPSA) is 52.8 Å². The maximum absolute atomic E-state index is 5.35. The molecule has 0 saturated heterocycles. The SMILES string of the molecule is COCc1cn(C)c2c(C)cc(-c3sc(-c4cccnc4)nc3C)nc12. The standard InChI is InChI=1S/C20H20N4OS/c1-12-8-16(23-17-15(11-25-4)10-24(3)18(12)17)19-13(2)22-20(26-19)14-6-5-7-21-9-14/h5-10H,11H2,1-4H3. The molecule has 4 rings (SSSR count). The summed E-state index contributed by atoms with van der Waals surface area (Å²) in [5.74, 6) is 0. The average molecular weight is 364 g/mol. The molecule has 0 aliphatic heterocycles. The number of hydrogen-bond donors (Lipinski definition) is 0. The molecule has 0 spiro atoms. The lowest BCUT2D eigenvalue weighted by molar-refractivity contribution is 0.185. The van der Waals surface area contributed by atoms with Gasteiger partial charge in [-0.3, -0.25) is 4.98 Å². The number of nitrogens with zero attached hydrogens (tertiary/aromatic N) is 4. The molecule has 132 valence electrons. The first kappa shape index (κ1) is 16.9. The van der Waals surface area contributed by atoms with Crippen LogP contribution in [-0.4, -0.2) is 26.6 Å². The monoisotopic (exact) mass is 364 g/mol. The molecular weight excluding hydrogens is 344 g/mol. The van der Waals surface area contributed by atoms with Gasteiger partial charge >= 0.3 is 0 Å². The van der Waals surface area contributed by atoms with Gasteiger partial charge in [-0.25, -0.2) is 9.97 Å². The molecule has 0 aliphatic carbocycles. The normalized spacial score (nSPS) is 11.4. The van der Waals surface area contributed by atoms with Crippen molar-refractivity contribution in [2.45, 2.75) is 20.5 Å². The van der Waals surface area contributed by atoms with Crippen LogP contribution in [0.4, 0.5) is 0 Å². The Hall–Kier alpha value is -2.57. The Bertz CT molecular complexity index is 1080. The number of ether oxygens (including phenoxy) is 1. The van der Waals surface area contributed by atoms with Gasteiger partial charge in [-0.05, 0) is 37.6 Å². The van der Waals surface area contributed by atoms with Crippen molar-refractivity contribution in [3.8, 4) is 21.1 Å². The van der Waals surface area contributed by atoms with Gasteiger partial charge in [-0.15, -0.1) is 11.3 Å². The first-order valence-electron chi connectivity index (χ1n) is 8.41. The number of fused-ring (bicyclic) bond motifs is 1. The van der Waals surface area contributed by atoms with Crippen molar-refractivity contribution in [3.05, 3.63) is 53.6 Å². The number of aryl methyl sites for hydroxylation is 3. The fourth-order valence-corrected chi connectivity index (χ4v) is 4.34. The number of hydrogen-bond acceptors (Lipinski definition) is 5. The minimum atomic E-state index is 0.551. The molecule has 0 atom stereocenters. The Morgan fingerprint density at radius 2 is 2.08 bits per heavy atom. The maximum atomic E-state index is 5.35. The second-order valence-electron chi connectivity index (χ2n) is 6.40. The lowest BCUT2D eigenvalue weighted by atomic mass is 10.1. The quantitative estimate of drug-likeness (QED) is 0.534. The van der Waals surface area contributed by atoms with Crippen LogP contribution in [0.1, 0.15) is 16.8 Å². The lowest BCUT2D eigenvalue weighted by Gasteiger charge is -2.05. The summed E-state index contributed by atoms with van der Waals surface area (Å²) in [4.78, 5) is 15.0. The highest BCUT2D eigenvalue weighted by Crippen LogP contribution is 2.36. The van der Waals surface area contributed by atoms with E-state index in [2.05, 4.69) is 28.7 Å². The summed E-state index contributed by atoms with van der Waals surface area (Å²) in [5, 5.41) is 0.968. The van der Waals surface area contributed by atoms with Crippen LogP contribution in [0, 0.1) is 13.8 Å². The zero-order chi connectivity index (χ0) is 18.3. The van der Waals surface area contributed by atoms with Crippen molar-refractivity contribution >= 4 is 22.4 Å². The summed E-state index contributed by atoms with van der Waals surface area (Å²) in [6, 6.07) is 6.11. The van der Waals surface area contributed by atoms with Crippen molar-refractivity contribution in [2.24, 2.45) is 7.05 Å². The van der Waals surface area contributed by atoms with E-state index in [1.54, 1.807) is 24.6 Å². The molecule has 0 aromatic carbocycles. The van der Waals surface area contributed by atoms with Crippen molar-refractivity contribution in [1.82, 2.24) is 19.5 Å². The largest absolute Gasteiger partial charge is 0.380 e. The van der Waals surface area contributed by atoms with Gasteiger partial charge in [0.2, 0.25) is 0 Å². The van der Waals surface area contributed by atoms with Crippen LogP contribution in [0.5, 0.6) is 0 Å². The van der Waals surface area contributed by atoms with E-state index in [-0.39, 0.29) is 0 Å². The van der Waals surface area contributed by atoms with Crippen LogP contribution in [0.15, 0.2) is 36.8 Å². The van der Waals surface area contributed by atoms with Gasteiger partial charge < -0.3 is 9.30 Å². The van der Waals surface area contributed by atoms with Crippen molar-refractivity contribution in [1.29, 1.82) is 0 Å². The van der Waals surface area contributed by atoms with E-state index in [0.717, 1.165) is 43.4 Å². The molecule has 0 aliphatic rings. The third-order valence-corrected chi connectivity index (χ3v) is 5.66. The van der Waals surface area contributed by atoms with E-state index in [1.807, 2.05) is 32.3 Å². The van der Waals surface area contributed by atoms with Crippen LogP contribution in [-0.2, 0) is 18.4 Å². The molecule has 0 fully saturated rings. The van der Waals surface area contributed by atoms with E-state index in [1.165, 1.54) is 5.56 Å². The predicted molar refractivity (Wildman–Crippen MR) is 105 cm³/mol. The zero-order valence-electron chi connectivity index (χ0n) is 15.3. The van der Waals surface area contributed by atoms with Crippen LogP contribution in [0.25, 0.3) is 32.2 Å². The van der Waals surface area contributed by atoms with E-state index in [0.29, 0.717) is 6.61 Å². The molecular formula is C20H20N4OS. The fraction of sp³-hybridized carbons (Fsp3) is 0.250. The molecule has 6 heteroatoms. The van der Waals surface area contributed by atoms with Crippen molar-refractivity contribution in [3.63, 3.8) is 0 Å². The molecule has 26 heavy (non-hydrogen) atoms. The van der Waals surface area contributed by atoms with E-state index < -0.39 is 0 Å². The van der Waals surface area contributed by atoms with E-state index >= 15 is 0 Å². The third-order valence-electron chi connectivity index (χ3n) is 4.43. The van der Waals surface area contributed by atoms with Crippen LogP contribution < -0.4 is 0 Å². The van der Waals surface area contributed by atoms with Gasteiger partial charge in [0.05, 0.1) is 33.9 Å². The minimum absolute atomic E-state index is 0.551. The van der Waals surface area contributed by atoms with Gasteiger partial charge in [0.25, 0.3) is 0 Å². The molecule has 4 aromatic heterocycles. The van der Waals surface area contributed by atoms with Crippen molar-refractivity contribution < 1.29 is 4.74 Å². The first-order valence-corrected chi connectivity index (χ1v) is 9.23. The third kappa shape index (κ3) is 2.81. The predicted octanol–water partition coefficient (Wildman–Crippen LogP) is 4.52. The number of pyridine rings is 2. The highest BCUT2D eigenvalue weighted by atomic mass is 32.1. The molecule has 0 amide bonds. The Labute approximate surface area is 156 Å². The molecule has 0 N–H and O–H groups in total. The van der Waals surface area contributed by atoms with Gasteiger partial charge in [0.1, 0.15) is 5.01 Å². The summed E-state index contributed by atoms with van der Waals surface area (Å²) in [7, 11) is 3.76. The van der Waals surface area contributed by atoms with Crippen LogP contribution in [0.3, 0.4) is 0 Å². The first-order chi connectivity index (χ1) is 12.6. The smallest absolute Gasteiger partial charge is 0.125 e. The Kier molecular flexibility index (Phi) is 4.30. The highest BCUT2D eigenvalue weighted by Gasteiger charge is 2.17. The Morgan fingerprint density at radius 1 is 1.23 bits per heavy atom. The maximum Gasteiger partial charge on any atom is 0.125 e. The summed E-state index contributed by atoms with van der Waals surface area (Å²) in [6.07, 6.45) is 5.72. The summed E-state index contributed by atoms with van der Waals surface area (Å²) >= 11 is 1.66. The zero-order valence-corrected chi connectivity index (χ0v) is 16.1. The molecule has 0 unspecified atom stereocenters. The second-order valence-corrected chi connectivity index (χ2v) is 7.39. The highest BCUT2D eigenvalue weighted by molar-refractivity contribution is 7.18. The van der Waals surface area contributed by atoms with Gasteiger partial charge in [-0.1, -0.05) is 0 Å². The molecule has 4 heterocycles. The van der Waals surface area contributed by atoms with Crippen LogP contribution >= 0.6 is 11.3 Å². The van der Waals surface area contributed by atoms with Crippen LogP contribution in [0.2, 0.25) is 0 Å². The van der Waals surface area contributed by atoms with Gasteiger partial charge in [0, 0.05) is 43.9 Å². The van der Waals surface area contributed by atoms with Gasteiger partial charge in [0.15, 0.2) is 0 Å². The summed E-state index contributed by atoms with van der Waals surface area (Å²) in [6.45, 7) is 4.71. The summed E-state index contributed by atoms with van der Waals surface area (Å²) < 4.78 is 7.47. The fourth-order valence-electron chi connectivity index (χ4n) is 3.32. The average Bonchev–Trinajstić information content (AvgIpc) is 3.17. The second kappa shape index (κ2) is 6.63. The molecule has 5 nitrogen and oxygen atoms in total. The Morgan fingerprint density at radius 3 is 2.81 bits per heavy atom. The molecule has 0 bridgehead atoms. The van der Waals surface area contributed by atoms with Crippen molar-refractivity contribution in [2.75, 3.05) is 7.11 Å². The number of aromatic nitrogens is 4.